The molecular weight excluding hydrogens is 468 g/mol. The van der Waals surface area contributed by atoms with Crippen LogP contribution in [0.3, 0.4) is 0 Å². The second kappa shape index (κ2) is 9.61. The smallest absolute Gasteiger partial charge is 0.267 e. The molecule has 1 aliphatic heterocycles. The van der Waals surface area contributed by atoms with Gasteiger partial charge in [-0.25, -0.2) is 12.7 Å². The van der Waals surface area contributed by atoms with Crippen LogP contribution >= 0.6 is 0 Å². The lowest BCUT2D eigenvalue weighted by Gasteiger charge is -2.31. The molecule has 1 saturated heterocycles. The van der Waals surface area contributed by atoms with Gasteiger partial charge in [0, 0.05) is 18.0 Å². The highest BCUT2D eigenvalue weighted by Gasteiger charge is 2.46. The largest absolute Gasteiger partial charge is 0.337 e. The Hall–Kier alpha value is -3.53. The van der Waals surface area contributed by atoms with Crippen molar-refractivity contribution in [2.24, 2.45) is 0 Å². The van der Waals surface area contributed by atoms with Crippen LogP contribution in [-0.2, 0) is 26.2 Å². The maximum atomic E-state index is 13.6. The summed E-state index contributed by atoms with van der Waals surface area (Å²) in [5.74, 6) is -0.440. The van der Waals surface area contributed by atoms with E-state index in [0.717, 1.165) is 21.0 Å². The number of rotatable bonds is 7. The van der Waals surface area contributed by atoms with Crippen LogP contribution in [0.2, 0.25) is 0 Å². The van der Waals surface area contributed by atoms with Crippen molar-refractivity contribution in [2.45, 2.75) is 64.1 Å². The Kier molecular flexibility index (Phi) is 6.75. The molecule has 184 valence electrons. The van der Waals surface area contributed by atoms with Crippen LogP contribution in [0.4, 0.5) is 0 Å². The monoisotopic (exact) mass is 496 g/mol. The van der Waals surface area contributed by atoms with E-state index in [1.807, 2.05) is 52.0 Å². The number of hydrogen-bond acceptors (Lipinski definition) is 7. The van der Waals surface area contributed by atoms with E-state index >= 15 is 0 Å². The molecule has 2 aromatic carbocycles. The molecule has 0 radical (unpaired) electrons. The van der Waals surface area contributed by atoms with Crippen molar-refractivity contribution in [1.29, 1.82) is 0 Å². The quantitative estimate of drug-likeness (QED) is 0.492. The zero-order valence-corrected chi connectivity index (χ0v) is 20.9. The van der Waals surface area contributed by atoms with Gasteiger partial charge in [0.15, 0.2) is 0 Å². The topological polar surface area (TPSA) is 114 Å². The third-order valence-electron chi connectivity index (χ3n) is 5.98. The van der Waals surface area contributed by atoms with E-state index in [-0.39, 0.29) is 36.2 Å². The molecule has 0 spiro atoms. The van der Waals surface area contributed by atoms with E-state index in [0.29, 0.717) is 5.82 Å². The van der Waals surface area contributed by atoms with Crippen molar-refractivity contribution in [1.82, 2.24) is 19.3 Å². The van der Waals surface area contributed by atoms with Gasteiger partial charge in [0.05, 0.1) is 4.90 Å². The summed E-state index contributed by atoms with van der Waals surface area (Å²) < 4.78 is 32.7. The summed E-state index contributed by atoms with van der Waals surface area (Å²) in [5, 5.41) is 4.03. The van der Waals surface area contributed by atoms with Crippen LogP contribution in [0.25, 0.3) is 11.4 Å². The van der Waals surface area contributed by atoms with Gasteiger partial charge in [0.25, 0.3) is 10.0 Å². The molecular formula is C25H28N4O5S. The number of hydrogen-bond donors (Lipinski definition) is 0. The first-order chi connectivity index (χ1) is 16.6. The molecule has 4 rings (SSSR count). The first-order valence-electron chi connectivity index (χ1n) is 11.4. The molecule has 1 fully saturated rings. The molecule has 3 aromatic rings. The lowest BCUT2D eigenvalue weighted by atomic mass is 10.1. The minimum absolute atomic E-state index is 0.00156. The summed E-state index contributed by atoms with van der Waals surface area (Å²) in [6, 6.07) is 12.4. The predicted molar refractivity (Wildman–Crippen MR) is 128 cm³/mol. The van der Waals surface area contributed by atoms with Crippen molar-refractivity contribution < 1.29 is 22.5 Å². The molecule has 9 nitrogen and oxygen atoms in total. The minimum atomic E-state index is -4.18. The molecule has 0 bridgehead atoms. The van der Waals surface area contributed by atoms with Crippen molar-refractivity contribution in [3.8, 4) is 11.4 Å². The van der Waals surface area contributed by atoms with Gasteiger partial charge >= 0.3 is 0 Å². The van der Waals surface area contributed by atoms with Crippen LogP contribution in [0.5, 0.6) is 0 Å². The van der Waals surface area contributed by atoms with Crippen LogP contribution in [0.1, 0.15) is 43.7 Å². The number of benzene rings is 2. The second-order valence-electron chi connectivity index (χ2n) is 9.00. The van der Waals surface area contributed by atoms with Gasteiger partial charge in [-0.3, -0.25) is 9.59 Å². The summed E-state index contributed by atoms with van der Waals surface area (Å²) in [4.78, 5) is 32.1. The molecule has 1 aromatic heterocycles. The van der Waals surface area contributed by atoms with Crippen LogP contribution in [-0.4, -0.2) is 51.7 Å². The van der Waals surface area contributed by atoms with Gasteiger partial charge in [-0.05, 0) is 52.3 Å². The summed E-state index contributed by atoms with van der Waals surface area (Å²) in [6.07, 6.45) is 0.0931. The molecule has 1 aliphatic rings. The summed E-state index contributed by atoms with van der Waals surface area (Å²) in [5.41, 5.74) is 2.73. The Balaban J connectivity index is 1.59. The molecule has 0 saturated carbocycles. The first-order valence-corrected chi connectivity index (χ1v) is 12.9. The van der Waals surface area contributed by atoms with Crippen LogP contribution in [0, 0.1) is 13.8 Å². The van der Waals surface area contributed by atoms with Crippen LogP contribution in [0.15, 0.2) is 57.9 Å². The molecule has 2 amide bonds. The van der Waals surface area contributed by atoms with Gasteiger partial charge in [-0.1, -0.05) is 46.6 Å². The highest BCUT2D eigenvalue weighted by atomic mass is 32.2. The van der Waals surface area contributed by atoms with E-state index in [2.05, 4.69) is 10.1 Å². The fourth-order valence-corrected chi connectivity index (χ4v) is 5.68. The molecule has 2 heterocycles. The summed E-state index contributed by atoms with van der Waals surface area (Å²) in [6.45, 7) is 7.42. The number of aryl methyl sites for hydroxylation is 2. The standard InChI is InChI=1S/C25H28N4O5S/c1-16(2)28(15-22-26-24(27-34-22)19-7-5-6-18(4)14-19)25(31)21-12-13-23(30)29(21)35(32,33)20-10-8-17(3)9-11-20/h5-11,14,16,21H,12-13,15H2,1-4H3/t21-/m1/s1. The number of sulfonamides is 1. The first kappa shape index (κ1) is 24.6. The zero-order chi connectivity index (χ0) is 25.3. The summed E-state index contributed by atoms with van der Waals surface area (Å²) >= 11 is 0. The van der Waals surface area contributed by atoms with E-state index < -0.39 is 27.9 Å². The maximum absolute atomic E-state index is 13.6. The number of amides is 2. The SMILES string of the molecule is Cc1ccc(S(=O)(=O)N2C(=O)CC[C@@H]2C(=O)N(Cc2nc(-c3cccc(C)c3)no2)C(C)C)cc1. The fraction of sp³-hybridized carbons (Fsp3) is 0.360. The number of carbonyl (C=O) groups excluding carboxylic acids is 2. The molecule has 0 aliphatic carbocycles. The van der Waals surface area contributed by atoms with Crippen molar-refractivity contribution in [3.05, 3.63) is 65.5 Å². The number of aromatic nitrogens is 2. The lowest BCUT2D eigenvalue weighted by molar-refractivity contribution is -0.140. The van der Waals surface area contributed by atoms with Gasteiger partial charge in [0.1, 0.15) is 12.6 Å². The average molecular weight is 497 g/mol. The van der Waals surface area contributed by atoms with Crippen molar-refractivity contribution in [2.75, 3.05) is 0 Å². The Morgan fingerprint density at radius 1 is 1.14 bits per heavy atom. The van der Waals surface area contributed by atoms with Gasteiger partial charge in [-0.15, -0.1) is 0 Å². The molecule has 0 N–H and O–H groups in total. The Labute approximate surface area is 204 Å². The maximum Gasteiger partial charge on any atom is 0.267 e. The number of nitrogens with zero attached hydrogens (tertiary/aromatic N) is 4. The molecule has 10 heteroatoms. The van der Waals surface area contributed by atoms with Crippen molar-refractivity contribution in [3.63, 3.8) is 0 Å². The third kappa shape index (κ3) is 4.97. The highest BCUT2D eigenvalue weighted by Crippen LogP contribution is 2.29. The van der Waals surface area contributed by atoms with Crippen molar-refractivity contribution >= 4 is 21.8 Å². The van der Waals surface area contributed by atoms with E-state index in [1.54, 1.807) is 12.1 Å². The molecule has 0 unspecified atom stereocenters. The Morgan fingerprint density at radius 2 is 1.86 bits per heavy atom. The lowest BCUT2D eigenvalue weighted by Crippen LogP contribution is -2.50. The van der Waals surface area contributed by atoms with Gasteiger partial charge in [-0.2, -0.15) is 4.98 Å². The predicted octanol–water partition coefficient (Wildman–Crippen LogP) is 3.47. The average Bonchev–Trinajstić information content (AvgIpc) is 3.44. The van der Waals surface area contributed by atoms with Crippen LogP contribution < -0.4 is 0 Å². The molecule has 1 atom stereocenters. The highest BCUT2D eigenvalue weighted by molar-refractivity contribution is 7.89. The van der Waals surface area contributed by atoms with E-state index in [1.165, 1.54) is 17.0 Å². The fourth-order valence-electron chi connectivity index (χ4n) is 4.08. The third-order valence-corrected chi connectivity index (χ3v) is 7.82. The second-order valence-corrected chi connectivity index (χ2v) is 10.8. The number of carbonyl (C=O) groups is 2. The van der Waals surface area contributed by atoms with E-state index in [9.17, 15) is 18.0 Å². The minimum Gasteiger partial charge on any atom is -0.337 e. The Morgan fingerprint density at radius 3 is 2.51 bits per heavy atom. The summed E-state index contributed by atoms with van der Waals surface area (Å²) in [7, 11) is -4.18. The van der Waals surface area contributed by atoms with Gasteiger partial charge in [0.2, 0.25) is 23.5 Å². The van der Waals surface area contributed by atoms with E-state index in [4.69, 9.17) is 4.52 Å². The van der Waals surface area contributed by atoms with Gasteiger partial charge < -0.3 is 9.42 Å². The Bertz CT molecular complexity index is 1350. The molecule has 35 heavy (non-hydrogen) atoms. The zero-order valence-electron chi connectivity index (χ0n) is 20.1. The normalized spacial score (nSPS) is 16.2.